The Morgan fingerprint density at radius 1 is 1.50 bits per heavy atom. The van der Waals surface area contributed by atoms with Crippen molar-refractivity contribution in [2.24, 2.45) is 5.92 Å². The minimum Gasteiger partial charge on any atom is -0.478 e. The summed E-state index contributed by atoms with van der Waals surface area (Å²) in [5.74, 6) is 0.119. The van der Waals surface area contributed by atoms with Crippen molar-refractivity contribution in [2.45, 2.75) is 18.7 Å². The number of aliphatic hydroxyl groups excluding tert-OH is 1. The first-order chi connectivity index (χ1) is 7.54. The van der Waals surface area contributed by atoms with Crippen LogP contribution in [0.2, 0.25) is 0 Å². The van der Waals surface area contributed by atoms with Crippen molar-refractivity contribution in [1.82, 2.24) is 0 Å². The Balaban J connectivity index is 2.75. The first-order valence-corrected chi connectivity index (χ1v) is 6.10. The average molecular weight is 240 g/mol. The van der Waals surface area contributed by atoms with E-state index in [1.807, 2.05) is 19.1 Å². The molecule has 1 aromatic carbocycles. The van der Waals surface area contributed by atoms with Gasteiger partial charge in [-0.25, -0.2) is 4.79 Å². The molecule has 16 heavy (non-hydrogen) atoms. The van der Waals surface area contributed by atoms with Crippen LogP contribution in [0.25, 0.3) is 0 Å². The van der Waals surface area contributed by atoms with Gasteiger partial charge in [0.05, 0.1) is 5.56 Å². The number of rotatable bonds is 5. The highest BCUT2D eigenvalue weighted by molar-refractivity contribution is 7.99. The van der Waals surface area contributed by atoms with Crippen molar-refractivity contribution in [3.63, 3.8) is 0 Å². The molecule has 0 radical (unpaired) electrons. The molecule has 2 N–H and O–H groups in total. The van der Waals surface area contributed by atoms with Crippen LogP contribution in [0.1, 0.15) is 22.8 Å². The molecule has 1 rings (SSSR count). The second kappa shape index (κ2) is 5.92. The minimum atomic E-state index is -0.893. The van der Waals surface area contributed by atoms with Crippen LogP contribution in [0, 0.1) is 12.8 Å². The van der Waals surface area contributed by atoms with Crippen molar-refractivity contribution < 1.29 is 15.0 Å². The number of benzene rings is 1. The van der Waals surface area contributed by atoms with Crippen molar-refractivity contribution in [2.75, 3.05) is 12.4 Å². The van der Waals surface area contributed by atoms with Crippen molar-refractivity contribution >= 4 is 17.7 Å². The number of thioether (sulfide) groups is 1. The predicted molar refractivity (Wildman–Crippen MR) is 65.1 cm³/mol. The van der Waals surface area contributed by atoms with Crippen LogP contribution < -0.4 is 0 Å². The van der Waals surface area contributed by atoms with Gasteiger partial charge in [0.15, 0.2) is 0 Å². The van der Waals surface area contributed by atoms with Crippen molar-refractivity contribution in [1.29, 1.82) is 0 Å². The lowest BCUT2D eigenvalue weighted by Gasteiger charge is -2.08. The van der Waals surface area contributed by atoms with Gasteiger partial charge < -0.3 is 10.2 Å². The fraction of sp³-hybridized carbons (Fsp3) is 0.417. The number of carbonyl (C=O) groups is 1. The normalized spacial score (nSPS) is 12.4. The predicted octanol–water partition coefficient (Wildman–Crippen LogP) is 2.41. The quantitative estimate of drug-likeness (QED) is 0.776. The van der Waals surface area contributed by atoms with Gasteiger partial charge in [0.1, 0.15) is 0 Å². The maximum atomic E-state index is 10.9. The fourth-order valence-corrected chi connectivity index (χ4v) is 2.16. The summed E-state index contributed by atoms with van der Waals surface area (Å²) in [6, 6.07) is 5.42. The molecule has 0 aliphatic carbocycles. The van der Waals surface area contributed by atoms with Gasteiger partial charge in [0.25, 0.3) is 0 Å². The van der Waals surface area contributed by atoms with Crippen LogP contribution in [0.15, 0.2) is 23.1 Å². The van der Waals surface area contributed by atoms with Gasteiger partial charge in [-0.1, -0.05) is 13.0 Å². The van der Waals surface area contributed by atoms with E-state index in [2.05, 4.69) is 0 Å². The van der Waals surface area contributed by atoms with Crippen LogP contribution in [-0.4, -0.2) is 28.5 Å². The maximum Gasteiger partial charge on any atom is 0.335 e. The third-order valence-electron chi connectivity index (χ3n) is 2.29. The summed E-state index contributed by atoms with van der Waals surface area (Å²) >= 11 is 1.57. The van der Waals surface area contributed by atoms with E-state index >= 15 is 0 Å². The minimum absolute atomic E-state index is 0.157. The maximum absolute atomic E-state index is 10.9. The molecule has 0 saturated carbocycles. The SMILES string of the molecule is Cc1ccc(SCC(C)CO)cc1C(=O)O. The zero-order valence-electron chi connectivity index (χ0n) is 9.43. The summed E-state index contributed by atoms with van der Waals surface area (Å²) in [6.07, 6.45) is 0. The van der Waals surface area contributed by atoms with Crippen LogP contribution >= 0.6 is 11.8 Å². The fourth-order valence-electron chi connectivity index (χ4n) is 1.21. The highest BCUT2D eigenvalue weighted by Crippen LogP contribution is 2.23. The molecule has 4 heteroatoms. The van der Waals surface area contributed by atoms with Crippen molar-refractivity contribution in [3.05, 3.63) is 29.3 Å². The molecule has 0 amide bonds. The Kier molecular flexibility index (Phi) is 4.83. The first kappa shape index (κ1) is 13.1. The molecule has 1 aromatic rings. The van der Waals surface area contributed by atoms with Crippen LogP contribution in [-0.2, 0) is 0 Å². The van der Waals surface area contributed by atoms with E-state index in [1.165, 1.54) is 0 Å². The van der Waals surface area contributed by atoms with Gasteiger partial charge in [-0.05, 0) is 30.5 Å². The summed E-state index contributed by atoms with van der Waals surface area (Å²) in [5, 5.41) is 17.9. The zero-order chi connectivity index (χ0) is 12.1. The third kappa shape index (κ3) is 3.54. The van der Waals surface area contributed by atoms with E-state index in [0.29, 0.717) is 5.56 Å². The lowest BCUT2D eigenvalue weighted by atomic mass is 10.1. The summed E-state index contributed by atoms with van der Waals surface area (Å²) in [4.78, 5) is 11.9. The molecule has 0 aliphatic rings. The van der Waals surface area contributed by atoms with Gasteiger partial charge in [-0.15, -0.1) is 11.8 Å². The summed E-state index contributed by atoms with van der Waals surface area (Å²) < 4.78 is 0. The third-order valence-corrected chi connectivity index (χ3v) is 3.61. The number of carboxylic acid groups (broad SMARTS) is 1. The van der Waals surface area contributed by atoms with E-state index < -0.39 is 5.97 Å². The summed E-state index contributed by atoms with van der Waals surface area (Å²) in [6.45, 7) is 3.90. The largest absolute Gasteiger partial charge is 0.478 e. The van der Waals surface area contributed by atoms with Gasteiger partial charge >= 0.3 is 5.97 Å². The number of hydrogen-bond donors (Lipinski definition) is 2. The Labute approximate surface area is 99.5 Å². The molecule has 0 spiro atoms. The average Bonchev–Trinajstić information content (AvgIpc) is 2.27. The molecule has 0 fully saturated rings. The van der Waals surface area contributed by atoms with Gasteiger partial charge in [0.2, 0.25) is 0 Å². The van der Waals surface area contributed by atoms with Crippen LogP contribution in [0.4, 0.5) is 0 Å². The topological polar surface area (TPSA) is 57.5 Å². The molecule has 0 aromatic heterocycles. The summed E-state index contributed by atoms with van der Waals surface area (Å²) in [7, 11) is 0. The van der Waals surface area contributed by atoms with Crippen LogP contribution in [0.3, 0.4) is 0 Å². The van der Waals surface area contributed by atoms with E-state index in [1.54, 1.807) is 24.8 Å². The second-order valence-electron chi connectivity index (χ2n) is 3.88. The standard InChI is InChI=1S/C12H16O3S/c1-8(6-13)7-16-10-4-3-9(2)11(5-10)12(14)15/h3-5,8,13H,6-7H2,1-2H3,(H,14,15). The number of carboxylic acids is 1. The molecule has 1 atom stereocenters. The van der Waals surface area contributed by atoms with Gasteiger partial charge in [-0.2, -0.15) is 0 Å². The lowest BCUT2D eigenvalue weighted by molar-refractivity contribution is 0.0696. The van der Waals surface area contributed by atoms with Crippen molar-refractivity contribution in [3.8, 4) is 0 Å². The molecule has 0 bridgehead atoms. The van der Waals surface area contributed by atoms with E-state index in [9.17, 15) is 4.79 Å². The number of aliphatic hydroxyl groups is 1. The molecule has 3 nitrogen and oxygen atoms in total. The Hall–Kier alpha value is -1.00. The molecular formula is C12H16O3S. The molecule has 0 heterocycles. The Morgan fingerprint density at radius 3 is 2.75 bits per heavy atom. The highest BCUT2D eigenvalue weighted by atomic mass is 32.2. The van der Waals surface area contributed by atoms with E-state index in [4.69, 9.17) is 10.2 Å². The molecule has 0 saturated heterocycles. The van der Waals surface area contributed by atoms with E-state index in [-0.39, 0.29) is 12.5 Å². The highest BCUT2D eigenvalue weighted by Gasteiger charge is 2.08. The van der Waals surface area contributed by atoms with E-state index in [0.717, 1.165) is 16.2 Å². The molecule has 1 unspecified atom stereocenters. The van der Waals surface area contributed by atoms with Gasteiger partial charge in [0, 0.05) is 17.3 Å². The smallest absolute Gasteiger partial charge is 0.335 e. The Bertz CT molecular complexity index is 377. The number of hydrogen-bond acceptors (Lipinski definition) is 3. The molecule has 0 aliphatic heterocycles. The Morgan fingerprint density at radius 2 is 2.19 bits per heavy atom. The van der Waals surface area contributed by atoms with Crippen LogP contribution in [0.5, 0.6) is 0 Å². The monoisotopic (exact) mass is 240 g/mol. The molecule has 88 valence electrons. The first-order valence-electron chi connectivity index (χ1n) is 5.12. The van der Waals surface area contributed by atoms with Gasteiger partial charge in [-0.3, -0.25) is 0 Å². The second-order valence-corrected chi connectivity index (χ2v) is 4.97. The zero-order valence-corrected chi connectivity index (χ0v) is 10.3. The summed E-state index contributed by atoms with van der Waals surface area (Å²) in [5.41, 5.74) is 1.12. The number of aryl methyl sites for hydroxylation is 1. The molecular weight excluding hydrogens is 224 g/mol. The lowest BCUT2D eigenvalue weighted by Crippen LogP contribution is -2.04. The number of aromatic carboxylic acids is 1.